The third-order valence-corrected chi connectivity index (χ3v) is 7.35. The van der Waals surface area contributed by atoms with Crippen LogP contribution in [0.15, 0.2) is 54.4 Å². The Kier molecular flexibility index (Phi) is 7.37. The quantitative estimate of drug-likeness (QED) is 0.338. The average Bonchev–Trinajstić information content (AvgIpc) is 3.75. The smallest absolute Gasteiger partial charge is 0.240 e. The second-order valence-electron chi connectivity index (χ2n) is 9.82. The Morgan fingerprint density at radius 2 is 1.77 bits per heavy atom. The number of aryl methyl sites for hydroxylation is 1. The van der Waals surface area contributed by atoms with Crippen molar-refractivity contribution in [2.75, 3.05) is 19.5 Å². The van der Waals surface area contributed by atoms with Crippen LogP contribution in [0.5, 0.6) is 23.1 Å². The van der Waals surface area contributed by atoms with Crippen LogP contribution in [0, 0.1) is 18.3 Å². The van der Waals surface area contributed by atoms with Crippen LogP contribution in [0.2, 0.25) is 5.02 Å². The Balaban J connectivity index is 1.33. The molecule has 2 heterocycles. The number of benzene rings is 1. The maximum absolute atomic E-state index is 13.7. The molecule has 2 N–H and O–H groups in total. The van der Waals surface area contributed by atoms with Gasteiger partial charge in [0.25, 0.3) is 0 Å². The minimum atomic E-state index is -1.21. The molecule has 0 aliphatic heterocycles. The van der Waals surface area contributed by atoms with E-state index in [-0.39, 0.29) is 16.8 Å². The molecule has 2 atom stereocenters. The highest BCUT2D eigenvalue weighted by molar-refractivity contribution is 6.32. The number of methoxy groups -OCH3 is 2. The van der Waals surface area contributed by atoms with Crippen molar-refractivity contribution in [1.82, 2.24) is 15.3 Å². The zero-order valence-corrected chi connectivity index (χ0v) is 23.1. The first-order valence-electron chi connectivity index (χ1n) is 12.7. The molecule has 3 aromatic rings. The second-order valence-corrected chi connectivity index (χ2v) is 10.2. The lowest BCUT2D eigenvalue weighted by Gasteiger charge is -2.20. The van der Waals surface area contributed by atoms with E-state index in [9.17, 15) is 14.0 Å². The largest absolute Gasteiger partial charge is 0.493 e. The van der Waals surface area contributed by atoms with Gasteiger partial charge in [-0.05, 0) is 50.1 Å². The minimum Gasteiger partial charge on any atom is -0.493 e. The van der Waals surface area contributed by atoms with E-state index in [1.807, 2.05) is 0 Å². The number of halogens is 2. The van der Waals surface area contributed by atoms with Crippen molar-refractivity contribution < 1.29 is 28.2 Å². The Morgan fingerprint density at radius 1 is 1.07 bits per heavy atom. The summed E-state index contributed by atoms with van der Waals surface area (Å²) in [7, 11) is 3.08. The number of nitrogens with one attached hydrogen (secondary N) is 2. The molecule has 2 aliphatic carbocycles. The van der Waals surface area contributed by atoms with Gasteiger partial charge in [0.05, 0.1) is 31.1 Å². The Labute approximate surface area is 235 Å². The lowest BCUT2D eigenvalue weighted by Crippen LogP contribution is -2.40. The second kappa shape index (κ2) is 10.8. The molecule has 40 heavy (non-hydrogen) atoms. The molecule has 11 heteroatoms. The minimum absolute atomic E-state index is 0.134. The summed E-state index contributed by atoms with van der Waals surface area (Å²) < 4.78 is 30.5. The normalized spacial score (nSPS) is 19.0. The van der Waals surface area contributed by atoms with E-state index in [0.717, 1.165) is 0 Å². The number of aromatic nitrogens is 2. The van der Waals surface area contributed by atoms with E-state index in [1.165, 1.54) is 25.3 Å². The van der Waals surface area contributed by atoms with Crippen LogP contribution in [0.3, 0.4) is 0 Å². The van der Waals surface area contributed by atoms with Crippen LogP contribution in [-0.2, 0) is 9.59 Å². The molecule has 2 aliphatic rings. The number of rotatable bonds is 8. The molecule has 2 amide bonds. The molecule has 1 saturated carbocycles. The summed E-state index contributed by atoms with van der Waals surface area (Å²) in [6, 6.07) is 6.71. The Morgan fingerprint density at radius 3 is 2.45 bits per heavy atom. The summed E-state index contributed by atoms with van der Waals surface area (Å²) in [5, 5.41) is 6.37. The first-order valence-corrected chi connectivity index (χ1v) is 13.1. The fourth-order valence-corrected chi connectivity index (χ4v) is 4.65. The summed E-state index contributed by atoms with van der Waals surface area (Å²) in [5.41, 5.74) is 0.695. The van der Waals surface area contributed by atoms with Crippen LogP contribution >= 0.6 is 11.6 Å². The predicted octanol–water partition coefficient (Wildman–Crippen LogP) is 5.66. The van der Waals surface area contributed by atoms with E-state index < -0.39 is 23.4 Å². The zero-order chi connectivity index (χ0) is 28.6. The predicted molar refractivity (Wildman–Crippen MR) is 149 cm³/mol. The zero-order valence-electron chi connectivity index (χ0n) is 22.4. The number of anilines is 1. The highest BCUT2D eigenvalue weighted by Crippen LogP contribution is 2.47. The maximum atomic E-state index is 13.7. The first-order chi connectivity index (χ1) is 19.1. The third kappa shape index (κ3) is 5.19. The van der Waals surface area contributed by atoms with E-state index in [2.05, 4.69) is 20.6 Å². The molecule has 0 saturated heterocycles. The number of fused-ring (bicyclic) bond motifs is 1. The third-order valence-electron chi connectivity index (χ3n) is 7.08. The number of hydrogen-bond donors (Lipinski definition) is 2. The molecule has 0 radical (unpaired) electrons. The molecule has 1 fully saturated rings. The summed E-state index contributed by atoms with van der Waals surface area (Å²) in [5.74, 6) is 0.367. The molecule has 208 valence electrons. The molecule has 9 nitrogen and oxygen atoms in total. The van der Waals surface area contributed by atoms with Gasteiger partial charge in [0.1, 0.15) is 22.4 Å². The number of alkyl halides is 1. The van der Waals surface area contributed by atoms with Crippen LogP contribution in [0.1, 0.15) is 25.5 Å². The number of carbonyl (C=O) groups excluding carboxylic acids is 2. The van der Waals surface area contributed by atoms with Gasteiger partial charge >= 0.3 is 0 Å². The van der Waals surface area contributed by atoms with Gasteiger partial charge in [-0.3, -0.25) is 14.6 Å². The van der Waals surface area contributed by atoms with E-state index >= 15 is 0 Å². The van der Waals surface area contributed by atoms with Crippen LogP contribution < -0.4 is 24.8 Å². The lowest BCUT2D eigenvalue weighted by atomic mass is 9.98. The monoisotopic (exact) mass is 566 g/mol. The van der Waals surface area contributed by atoms with E-state index in [1.54, 1.807) is 51.4 Å². The molecule has 2 unspecified atom stereocenters. The van der Waals surface area contributed by atoms with Crippen LogP contribution in [0.4, 0.5) is 10.1 Å². The van der Waals surface area contributed by atoms with Crippen LogP contribution in [-0.4, -0.2) is 42.2 Å². The molecule has 0 spiro atoms. The summed E-state index contributed by atoms with van der Waals surface area (Å²) in [4.78, 5) is 35.0. The van der Waals surface area contributed by atoms with Crippen molar-refractivity contribution >= 4 is 40.0 Å². The lowest BCUT2D eigenvalue weighted by molar-refractivity contribution is -0.133. The number of amides is 2. The van der Waals surface area contributed by atoms with E-state index in [0.29, 0.717) is 58.1 Å². The standard InChI is InChI=1S/C29H28ClFN4O5/c1-15-11-17(5-6-20(15)31)34-27(36)29(8-9-29)28(37)35-21-13-19(30)26(33-16(21)2)40-23-7-10-32-22-14-25(39-4)24(38-3)12-18(22)23/h5-7,10-15,20H,8-9H2,1-4H3,(H,34,36)(H,35,37). The summed E-state index contributed by atoms with van der Waals surface area (Å²) >= 11 is 6.51. The number of carbonyl (C=O) groups is 2. The first kappa shape index (κ1) is 27.4. The number of pyridine rings is 2. The molecule has 1 aromatic carbocycles. The average molecular weight is 567 g/mol. The molecule has 0 bridgehead atoms. The SMILES string of the molecule is COc1cc2nccc(Oc3nc(C)c(NC(=O)C4(C(=O)NC5=CC(C)C(F)C=C5)CC4)cc3Cl)c2cc1OC. The van der Waals surface area contributed by atoms with Crippen molar-refractivity contribution in [3.8, 4) is 23.1 Å². The topological polar surface area (TPSA) is 112 Å². The van der Waals surface area contributed by atoms with Gasteiger partial charge in [-0.2, -0.15) is 0 Å². The van der Waals surface area contributed by atoms with Crippen molar-refractivity contribution in [3.63, 3.8) is 0 Å². The molecule has 5 rings (SSSR count). The highest BCUT2D eigenvalue weighted by atomic mass is 35.5. The van der Waals surface area contributed by atoms with E-state index in [4.69, 9.17) is 25.8 Å². The van der Waals surface area contributed by atoms with Crippen molar-refractivity contribution in [3.05, 3.63) is 65.1 Å². The van der Waals surface area contributed by atoms with Gasteiger partial charge in [0.15, 0.2) is 11.5 Å². The van der Waals surface area contributed by atoms with Crippen LogP contribution in [0.25, 0.3) is 10.9 Å². The molecular weight excluding hydrogens is 539 g/mol. The molecular formula is C29H28ClFN4O5. The number of ether oxygens (including phenoxy) is 3. The Hall–Kier alpha value is -4.18. The Bertz CT molecular complexity index is 1570. The van der Waals surface area contributed by atoms with Gasteiger partial charge in [-0.15, -0.1) is 0 Å². The maximum Gasteiger partial charge on any atom is 0.240 e. The van der Waals surface area contributed by atoms with Crippen molar-refractivity contribution in [2.45, 2.75) is 32.9 Å². The summed E-state index contributed by atoms with van der Waals surface area (Å²) in [6.07, 6.45) is 5.83. The van der Waals surface area contributed by atoms with Crippen molar-refractivity contribution in [2.24, 2.45) is 11.3 Å². The van der Waals surface area contributed by atoms with Gasteiger partial charge in [0, 0.05) is 29.3 Å². The summed E-state index contributed by atoms with van der Waals surface area (Å²) in [6.45, 7) is 3.42. The fourth-order valence-electron chi connectivity index (χ4n) is 4.46. The highest BCUT2D eigenvalue weighted by Gasteiger charge is 2.56. The van der Waals surface area contributed by atoms with Gasteiger partial charge in [-0.1, -0.05) is 24.6 Å². The molecule has 2 aromatic heterocycles. The van der Waals surface area contributed by atoms with Gasteiger partial charge in [0.2, 0.25) is 17.7 Å². The number of hydrogen-bond acceptors (Lipinski definition) is 7. The van der Waals surface area contributed by atoms with Gasteiger partial charge in [-0.25, -0.2) is 9.37 Å². The fraction of sp³-hybridized carbons (Fsp3) is 0.310. The number of allylic oxidation sites excluding steroid dienone is 3. The van der Waals surface area contributed by atoms with Gasteiger partial charge < -0.3 is 24.8 Å². The number of nitrogens with zero attached hydrogens (tertiary/aromatic N) is 2. The van der Waals surface area contributed by atoms with Crippen molar-refractivity contribution in [1.29, 1.82) is 0 Å².